The highest BCUT2D eigenvalue weighted by molar-refractivity contribution is 6.15. The van der Waals surface area contributed by atoms with Crippen molar-refractivity contribution in [3.63, 3.8) is 0 Å². The molecule has 0 amide bonds. The van der Waals surface area contributed by atoms with E-state index in [1.165, 1.54) is 12.1 Å². The van der Waals surface area contributed by atoms with Crippen molar-refractivity contribution in [3.8, 4) is 33.8 Å². The van der Waals surface area contributed by atoms with Gasteiger partial charge in [0.05, 0.1) is 24.3 Å². The van der Waals surface area contributed by atoms with Crippen LogP contribution in [0.4, 0.5) is 0 Å². The number of carbonyl (C=O) groups is 1. The SMILES string of the molecule is O=C(c1c(O)ccc(-c2ccccc2)c1CO)c1c(O)ccc(-c2ccccc2)c1CO. The van der Waals surface area contributed by atoms with Gasteiger partial charge in [0.2, 0.25) is 5.78 Å². The molecule has 0 spiro atoms. The molecule has 160 valence electrons. The first-order chi connectivity index (χ1) is 15.6. The Kier molecular flexibility index (Phi) is 6.03. The van der Waals surface area contributed by atoms with Gasteiger partial charge in [0.15, 0.2) is 0 Å². The van der Waals surface area contributed by atoms with Gasteiger partial charge in [-0.15, -0.1) is 0 Å². The first-order valence-electron chi connectivity index (χ1n) is 10.1. The Morgan fingerprint density at radius 2 is 0.938 bits per heavy atom. The van der Waals surface area contributed by atoms with Gasteiger partial charge in [-0.1, -0.05) is 72.8 Å². The van der Waals surface area contributed by atoms with Crippen molar-refractivity contribution in [3.05, 3.63) is 107 Å². The summed E-state index contributed by atoms with van der Waals surface area (Å²) in [7, 11) is 0. The summed E-state index contributed by atoms with van der Waals surface area (Å²) in [5.41, 5.74) is 3.01. The van der Waals surface area contributed by atoms with Crippen molar-refractivity contribution in [1.29, 1.82) is 0 Å². The highest BCUT2D eigenvalue weighted by atomic mass is 16.3. The maximum Gasteiger partial charge on any atom is 0.201 e. The second-order valence-corrected chi connectivity index (χ2v) is 7.35. The van der Waals surface area contributed by atoms with E-state index in [-0.39, 0.29) is 33.8 Å². The van der Waals surface area contributed by atoms with Crippen LogP contribution in [0.25, 0.3) is 22.3 Å². The molecular weight excluding hydrogens is 404 g/mol. The van der Waals surface area contributed by atoms with Gasteiger partial charge in [-0.25, -0.2) is 0 Å². The molecule has 4 N–H and O–H groups in total. The summed E-state index contributed by atoms with van der Waals surface area (Å²) in [5.74, 6) is -1.30. The van der Waals surface area contributed by atoms with E-state index in [0.717, 1.165) is 11.1 Å². The van der Waals surface area contributed by atoms with Crippen LogP contribution in [0.5, 0.6) is 11.5 Å². The van der Waals surface area contributed by atoms with Crippen LogP contribution in [0, 0.1) is 0 Å². The predicted molar refractivity (Wildman–Crippen MR) is 122 cm³/mol. The normalized spacial score (nSPS) is 10.8. The van der Waals surface area contributed by atoms with E-state index in [4.69, 9.17) is 0 Å². The first-order valence-corrected chi connectivity index (χ1v) is 10.1. The van der Waals surface area contributed by atoms with E-state index in [0.29, 0.717) is 11.1 Å². The van der Waals surface area contributed by atoms with Crippen LogP contribution < -0.4 is 0 Å². The third-order valence-electron chi connectivity index (χ3n) is 5.52. The van der Waals surface area contributed by atoms with Crippen molar-refractivity contribution in [1.82, 2.24) is 0 Å². The van der Waals surface area contributed by atoms with E-state index in [2.05, 4.69) is 0 Å². The molecule has 0 aromatic heterocycles. The lowest BCUT2D eigenvalue weighted by Gasteiger charge is -2.18. The molecule has 0 fully saturated rings. The smallest absolute Gasteiger partial charge is 0.201 e. The number of phenols is 2. The number of phenolic OH excluding ortho intramolecular Hbond substituents is 2. The maximum absolute atomic E-state index is 13.7. The molecular formula is C27H22O5. The van der Waals surface area contributed by atoms with E-state index < -0.39 is 19.0 Å². The number of carbonyl (C=O) groups excluding carboxylic acids is 1. The molecule has 0 aliphatic rings. The number of ketones is 1. The van der Waals surface area contributed by atoms with E-state index >= 15 is 0 Å². The zero-order valence-corrected chi connectivity index (χ0v) is 17.2. The van der Waals surface area contributed by atoms with Gasteiger partial charge in [0, 0.05) is 11.1 Å². The highest BCUT2D eigenvalue weighted by Gasteiger charge is 2.27. The molecule has 32 heavy (non-hydrogen) atoms. The third kappa shape index (κ3) is 3.75. The summed E-state index contributed by atoms with van der Waals surface area (Å²) >= 11 is 0. The zero-order chi connectivity index (χ0) is 22.7. The number of hydrogen-bond donors (Lipinski definition) is 4. The molecule has 0 unspecified atom stereocenters. The number of aliphatic hydroxyl groups excluding tert-OH is 2. The second kappa shape index (κ2) is 9.06. The van der Waals surface area contributed by atoms with Crippen LogP contribution in [0.2, 0.25) is 0 Å². The Bertz CT molecular complexity index is 1170. The Hall–Kier alpha value is -3.93. The standard InChI is InChI=1S/C27H22O5/c28-15-21-19(17-7-3-1-4-8-17)11-13-23(30)25(21)27(32)26-22(16-29)20(12-14-24(26)31)18-9-5-2-6-10-18/h1-14,28-31H,15-16H2. The second-order valence-electron chi connectivity index (χ2n) is 7.35. The minimum absolute atomic E-state index is 0.107. The molecule has 0 aliphatic heterocycles. The highest BCUT2D eigenvalue weighted by Crippen LogP contribution is 2.38. The van der Waals surface area contributed by atoms with Crippen molar-refractivity contribution >= 4 is 5.78 Å². The molecule has 5 nitrogen and oxygen atoms in total. The molecule has 0 atom stereocenters. The predicted octanol–water partition coefficient (Wildman–Crippen LogP) is 4.65. The Labute approximate surface area is 185 Å². The number of hydrogen-bond acceptors (Lipinski definition) is 5. The average Bonchev–Trinajstić information content (AvgIpc) is 2.84. The lowest BCUT2D eigenvalue weighted by molar-refractivity contribution is 0.102. The number of benzene rings is 4. The summed E-state index contributed by atoms with van der Waals surface area (Å²) in [5, 5.41) is 41.4. The minimum atomic E-state index is -0.677. The van der Waals surface area contributed by atoms with Gasteiger partial charge < -0.3 is 20.4 Å². The number of aromatic hydroxyl groups is 2. The Morgan fingerprint density at radius 1 is 0.562 bits per heavy atom. The molecule has 0 saturated heterocycles. The van der Waals surface area contributed by atoms with E-state index in [1.54, 1.807) is 12.1 Å². The summed E-state index contributed by atoms with van der Waals surface area (Å²) in [6, 6.07) is 24.5. The van der Waals surface area contributed by atoms with Crippen LogP contribution in [0.1, 0.15) is 27.0 Å². The summed E-state index contributed by atoms with van der Waals surface area (Å²) in [6.45, 7) is -0.986. The molecule has 0 aliphatic carbocycles. The van der Waals surface area contributed by atoms with Crippen molar-refractivity contribution < 1.29 is 25.2 Å². The summed E-state index contributed by atoms with van der Waals surface area (Å²) < 4.78 is 0. The summed E-state index contributed by atoms with van der Waals surface area (Å²) in [4.78, 5) is 13.7. The van der Waals surface area contributed by atoms with Crippen LogP contribution in [0.15, 0.2) is 84.9 Å². The lowest BCUT2D eigenvalue weighted by atomic mass is 9.87. The van der Waals surface area contributed by atoms with Crippen LogP contribution in [0.3, 0.4) is 0 Å². The fourth-order valence-corrected chi connectivity index (χ4v) is 4.01. The molecule has 0 bridgehead atoms. The van der Waals surface area contributed by atoms with Gasteiger partial charge in [-0.05, 0) is 34.4 Å². The first kappa shape index (κ1) is 21.3. The largest absolute Gasteiger partial charge is 0.507 e. The quantitative estimate of drug-likeness (QED) is 0.337. The maximum atomic E-state index is 13.7. The van der Waals surface area contributed by atoms with Crippen molar-refractivity contribution in [2.45, 2.75) is 13.2 Å². The van der Waals surface area contributed by atoms with Gasteiger partial charge >= 0.3 is 0 Å². The Balaban J connectivity index is 1.94. The minimum Gasteiger partial charge on any atom is -0.507 e. The van der Waals surface area contributed by atoms with Gasteiger partial charge in [-0.3, -0.25) is 4.79 Å². The monoisotopic (exact) mass is 426 g/mol. The van der Waals surface area contributed by atoms with Gasteiger partial charge in [0.25, 0.3) is 0 Å². The number of aliphatic hydroxyl groups is 2. The fourth-order valence-electron chi connectivity index (χ4n) is 4.01. The molecule has 0 heterocycles. The van der Waals surface area contributed by atoms with E-state index in [1.807, 2.05) is 60.7 Å². The van der Waals surface area contributed by atoms with E-state index in [9.17, 15) is 25.2 Å². The van der Waals surface area contributed by atoms with Crippen LogP contribution in [-0.2, 0) is 13.2 Å². The number of rotatable bonds is 6. The Morgan fingerprint density at radius 3 is 1.28 bits per heavy atom. The van der Waals surface area contributed by atoms with Gasteiger partial charge in [-0.2, -0.15) is 0 Å². The summed E-state index contributed by atoms with van der Waals surface area (Å²) in [6.07, 6.45) is 0. The van der Waals surface area contributed by atoms with Crippen molar-refractivity contribution in [2.75, 3.05) is 0 Å². The molecule has 4 aromatic carbocycles. The molecule has 0 radical (unpaired) electrons. The van der Waals surface area contributed by atoms with Crippen LogP contribution in [-0.4, -0.2) is 26.2 Å². The van der Waals surface area contributed by atoms with Gasteiger partial charge in [0.1, 0.15) is 11.5 Å². The third-order valence-corrected chi connectivity index (χ3v) is 5.52. The molecule has 0 saturated carbocycles. The zero-order valence-electron chi connectivity index (χ0n) is 17.2. The van der Waals surface area contributed by atoms with Crippen LogP contribution >= 0.6 is 0 Å². The molecule has 5 heteroatoms. The topological polar surface area (TPSA) is 98.0 Å². The lowest BCUT2D eigenvalue weighted by Crippen LogP contribution is -2.11. The van der Waals surface area contributed by atoms with Crippen molar-refractivity contribution in [2.24, 2.45) is 0 Å². The molecule has 4 rings (SSSR count). The fraction of sp³-hybridized carbons (Fsp3) is 0.0741. The average molecular weight is 426 g/mol. The molecule has 4 aromatic rings.